The van der Waals surface area contributed by atoms with Crippen molar-refractivity contribution in [3.63, 3.8) is 0 Å². The molecule has 180 valence electrons. The minimum absolute atomic E-state index is 0.0817. The van der Waals surface area contributed by atoms with Gasteiger partial charge in [-0.2, -0.15) is 0 Å². The summed E-state index contributed by atoms with van der Waals surface area (Å²) in [5, 5.41) is 6.85. The maximum Gasteiger partial charge on any atom is 0.325 e. The number of nitrogens with one attached hydrogen (secondary N) is 3. The molecular formula is C22H25ClFN7O3. The number of fused-ring (bicyclic) bond motifs is 1. The minimum atomic E-state index is -0.570. The highest BCUT2D eigenvalue weighted by Gasteiger charge is 2.24. The summed E-state index contributed by atoms with van der Waals surface area (Å²) in [5.74, 6) is -0.536. The third-order valence-corrected chi connectivity index (χ3v) is 5.74. The smallest absolute Gasteiger partial charge is 0.325 e. The van der Waals surface area contributed by atoms with Crippen LogP contribution in [0.5, 0.6) is 0 Å². The Balaban J connectivity index is 1.39. The molecule has 0 aromatic carbocycles. The minimum Gasteiger partial charge on any atom is -0.465 e. The van der Waals surface area contributed by atoms with E-state index in [9.17, 15) is 14.0 Å². The number of amides is 2. The lowest BCUT2D eigenvalue weighted by Gasteiger charge is -2.32. The molecule has 2 amide bonds. The number of halogens is 2. The third kappa shape index (κ3) is 5.53. The topological polar surface area (TPSA) is 125 Å². The van der Waals surface area contributed by atoms with Gasteiger partial charge in [-0.25, -0.2) is 24.1 Å². The summed E-state index contributed by atoms with van der Waals surface area (Å²) in [4.78, 5) is 41.2. The molecule has 0 bridgehead atoms. The van der Waals surface area contributed by atoms with Gasteiger partial charge in [0.2, 0.25) is 0 Å². The number of esters is 1. The van der Waals surface area contributed by atoms with Gasteiger partial charge in [-0.3, -0.25) is 4.79 Å². The molecule has 1 aliphatic rings. The number of anilines is 1. The van der Waals surface area contributed by atoms with E-state index in [0.717, 1.165) is 24.4 Å². The van der Waals surface area contributed by atoms with Crippen LogP contribution in [0.3, 0.4) is 0 Å². The summed E-state index contributed by atoms with van der Waals surface area (Å²) in [5.41, 5.74) is 1.29. The lowest BCUT2D eigenvalue weighted by Crippen LogP contribution is -2.48. The van der Waals surface area contributed by atoms with E-state index in [-0.39, 0.29) is 30.9 Å². The number of urea groups is 1. The summed E-state index contributed by atoms with van der Waals surface area (Å²) < 4.78 is 19.3. The van der Waals surface area contributed by atoms with Crippen molar-refractivity contribution in [3.8, 4) is 11.4 Å². The molecule has 3 aromatic heterocycles. The Labute approximate surface area is 200 Å². The fraction of sp³-hybridized carbons (Fsp3) is 0.409. The zero-order valence-corrected chi connectivity index (χ0v) is 19.4. The highest BCUT2D eigenvalue weighted by molar-refractivity contribution is 6.31. The molecule has 1 saturated heterocycles. The van der Waals surface area contributed by atoms with Crippen molar-refractivity contribution in [3.05, 3.63) is 35.5 Å². The van der Waals surface area contributed by atoms with Gasteiger partial charge in [0.05, 0.1) is 17.8 Å². The standard InChI is InChI=1S/C22H25ClFN7O3/c1-2-34-18(32)11-29-22(33)31-5-3-4-13(12-31)7-25-21-17(24)10-28-20(30-21)16-9-27-19-15(16)6-14(23)8-26-19/h6,8-10,13H,2-5,7,11-12H2,1H3,(H,26,27)(H,29,33)(H,25,28,30)/t13-/m0/s1. The predicted octanol–water partition coefficient (Wildman–Crippen LogP) is 3.21. The van der Waals surface area contributed by atoms with Crippen LogP contribution in [-0.4, -0.2) is 69.6 Å². The van der Waals surface area contributed by atoms with Gasteiger partial charge in [0, 0.05) is 43.0 Å². The summed E-state index contributed by atoms with van der Waals surface area (Å²) in [6.07, 6.45) is 6.05. The molecule has 0 radical (unpaired) electrons. The molecular weight excluding hydrogens is 465 g/mol. The third-order valence-electron chi connectivity index (χ3n) is 5.54. The summed E-state index contributed by atoms with van der Waals surface area (Å²) in [7, 11) is 0. The second-order valence-electron chi connectivity index (χ2n) is 7.94. The van der Waals surface area contributed by atoms with Crippen LogP contribution in [-0.2, 0) is 9.53 Å². The first-order chi connectivity index (χ1) is 16.4. The van der Waals surface area contributed by atoms with E-state index in [0.29, 0.717) is 41.7 Å². The van der Waals surface area contributed by atoms with Crippen LogP contribution < -0.4 is 10.6 Å². The number of pyridine rings is 1. The fourth-order valence-electron chi connectivity index (χ4n) is 3.91. The molecule has 12 heteroatoms. The number of hydrogen-bond acceptors (Lipinski definition) is 7. The van der Waals surface area contributed by atoms with Crippen LogP contribution in [0.15, 0.2) is 24.7 Å². The first-order valence-corrected chi connectivity index (χ1v) is 11.4. The predicted molar refractivity (Wildman–Crippen MR) is 125 cm³/mol. The maximum absolute atomic E-state index is 14.4. The van der Waals surface area contributed by atoms with Crippen LogP contribution in [0, 0.1) is 11.7 Å². The quantitative estimate of drug-likeness (QED) is 0.435. The van der Waals surface area contributed by atoms with Crippen molar-refractivity contribution in [1.29, 1.82) is 0 Å². The number of hydrogen-bond donors (Lipinski definition) is 3. The summed E-state index contributed by atoms with van der Waals surface area (Å²) in [6, 6.07) is 1.43. The Kier molecular flexibility index (Phi) is 7.41. The van der Waals surface area contributed by atoms with E-state index < -0.39 is 11.8 Å². The number of aromatic amines is 1. The Hall–Kier alpha value is -3.47. The van der Waals surface area contributed by atoms with Crippen LogP contribution in [0.1, 0.15) is 19.8 Å². The first kappa shape index (κ1) is 23.7. The number of likely N-dealkylation sites (tertiary alicyclic amines) is 1. The molecule has 0 spiro atoms. The molecule has 34 heavy (non-hydrogen) atoms. The van der Waals surface area contributed by atoms with Gasteiger partial charge in [0.15, 0.2) is 17.5 Å². The van der Waals surface area contributed by atoms with Crippen LogP contribution in [0.25, 0.3) is 22.4 Å². The summed E-state index contributed by atoms with van der Waals surface area (Å²) >= 11 is 6.07. The molecule has 0 unspecified atom stereocenters. The Morgan fingerprint density at radius 1 is 1.35 bits per heavy atom. The van der Waals surface area contributed by atoms with E-state index in [1.54, 1.807) is 24.1 Å². The van der Waals surface area contributed by atoms with E-state index >= 15 is 0 Å². The number of ether oxygens (including phenoxy) is 1. The molecule has 4 heterocycles. The van der Waals surface area contributed by atoms with Gasteiger partial charge in [-0.1, -0.05) is 11.6 Å². The number of H-pyrrole nitrogens is 1. The lowest BCUT2D eigenvalue weighted by molar-refractivity contribution is -0.141. The van der Waals surface area contributed by atoms with Crippen LogP contribution >= 0.6 is 11.6 Å². The Morgan fingerprint density at radius 3 is 3.03 bits per heavy atom. The Morgan fingerprint density at radius 2 is 2.21 bits per heavy atom. The molecule has 1 fully saturated rings. The van der Waals surface area contributed by atoms with E-state index in [2.05, 4.69) is 30.6 Å². The molecule has 0 saturated carbocycles. The first-order valence-electron chi connectivity index (χ1n) is 11.0. The average molecular weight is 490 g/mol. The Bertz CT molecular complexity index is 1190. The molecule has 4 rings (SSSR count). The molecule has 0 aliphatic carbocycles. The fourth-order valence-corrected chi connectivity index (χ4v) is 4.07. The van der Waals surface area contributed by atoms with Crippen molar-refractivity contribution >= 4 is 40.5 Å². The SMILES string of the molecule is CCOC(=O)CNC(=O)N1CCC[C@@H](CNc2nc(-c3c[nH]c4ncc(Cl)cc34)ncc2F)C1. The average Bonchev–Trinajstić information content (AvgIpc) is 3.25. The van der Waals surface area contributed by atoms with Crippen molar-refractivity contribution in [2.75, 3.05) is 38.1 Å². The normalized spacial score (nSPS) is 15.9. The molecule has 3 N–H and O–H groups in total. The van der Waals surface area contributed by atoms with Gasteiger partial charge in [-0.15, -0.1) is 0 Å². The van der Waals surface area contributed by atoms with Crippen molar-refractivity contribution in [2.45, 2.75) is 19.8 Å². The lowest BCUT2D eigenvalue weighted by atomic mass is 9.98. The van der Waals surface area contributed by atoms with Gasteiger partial charge in [0.1, 0.15) is 12.2 Å². The van der Waals surface area contributed by atoms with E-state index in [1.165, 1.54) is 6.20 Å². The maximum atomic E-state index is 14.4. The van der Waals surface area contributed by atoms with Crippen molar-refractivity contribution < 1.29 is 18.7 Å². The number of carbonyl (C=O) groups is 2. The number of piperidine rings is 1. The number of aromatic nitrogens is 4. The van der Waals surface area contributed by atoms with Crippen LogP contribution in [0.4, 0.5) is 15.0 Å². The zero-order chi connectivity index (χ0) is 24.1. The van der Waals surface area contributed by atoms with Gasteiger partial charge < -0.3 is 25.3 Å². The van der Waals surface area contributed by atoms with Crippen molar-refractivity contribution in [1.82, 2.24) is 30.2 Å². The molecule has 1 atom stereocenters. The van der Waals surface area contributed by atoms with E-state index in [4.69, 9.17) is 16.3 Å². The monoisotopic (exact) mass is 489 g/mol. The van der Waals surface area contributed by atoms with Gasteiger partial charge in [-0.05, 0) is 31.7 Å². The van der Waals surface area contributed by atoms with Crippen LogP contribution in [0.2, 0.25) is 5.02 Å². The number of carbonyl (C=O) groups excluding carboxylic acids is 2. The largest absolute Gasteiger partial charge is 0.465 e. The summed E-state index contributed by atoms with van der Waals surface area (Å²) in [6.45, 7) is 3.30. The van der Waals surface area contributed by atoms with Gasteiger partial charge in [0.25, 0.3) is 0 Å². The molecule has 1 aliphatic heterocycles. The van der Waals surface area contributed by atoms with Crippen molar-refractivity contribution in [2.24, 2.45) is 5.92 Å². The molecule has 10 nitrogen and oxygen atoms in total. The zero-order valence-electron chi connectivity index (χ0n) is 18.6. The second kappa shape index (κ2) is 10.6. The van der Waals surface area contributed by atoms with Gasteiger partial charge >= 0.3 is 12.0 Å². The number of rotatable bonds is 7. The number of nitrogens with zero attached hydrogens (tertiary/aromatic N) is 4. The highest BCUT2D eigenvalue weighted by Crippen LogP contribution is 2.28. The molecule has 3 aromatic rings. The van der Waals surface area contributed by atoms with E-state index in [1.807, 2.05) is 0 Å². The second-order valence-corrected chi connectivity index (χ2v) is 8.38. The highest BCUT2D eigenvalue weighted by atomic mass is 35.5.